The molecule has 0 aliphatic heterocycles. The van der Waals surface area contributed by atoms with Gasteiger partial charge in [0.15, 0.2) is 0 Å². The standard InChI is InChI=1S/C9H5BNO.CH3.Y/c10-11-8(6-12)5-7-3-1-2-4-9(7)11;;/h1-5H;1H3;/q2*-1;. The van der Waals surface area contributed by atoms with E-state index in [1.807, 2.05) is 24.3 Å². The van der Waals surface area contributed by atoms with Crippen LogP contribution < -0.4 is 0 Å². The first-order valence-electron chi connectivity index (χ1n) is 3.56. The van der Waals surface area contributed by atoms with Gasteiger partial charge in [-0.05, 0) is 6.07 Å². The van der Waals surface area contributed by atoms with Gasteiger partial charge in [0, 0.05) is 44.5 Å². The quantitative estimate of drug-likeness (QED) is 0.560. The molecule has 1 aromatic heterocycles. The third kappa shape index (κ3) is 2.15. The molecular formula is C10H8BNOY-2. The van der Waals surface area contributed by atoms with Gasteiger partial charge in [-0.25, -0.2) is 0 Å². The summed E-state index contributed by atoms with van der Waals surface area (Å²) in [6.45, 7) is 0. The number of hydrogen-bond acceptors (Lipinski definition) is 1. The molecule has 14 heavy (non-hydrogen) atoms. The Labute approximate surface area is 110 Å². The zero-order valence-corrected chi connectivity index (χ0v) is 10.7. The average Bonchev–Trinajstić information content (AvgIpc) is 2.44. The van der Waals surface area contributed by atoms with Gasteiger partial charge in [0.25, 0.3) is 0 Å². The molecule has 2 aromatic rings. The van der Waals surface area contributed by atoms with Crippen LogP contribution in [0.25, 0.3) is 10.9 Å². The molecule has 0 bridgehead atoms. The molecule has 0 amide bonds. The van der Waals surface area contributed by atoms with Crippen molar-refractivity contribution in [1.29, 1.82) is 0 Å². The largest absolute Gasteiger partial charge is 0.427 e. The fraction of sp³-hybridized carbons (Fsp3) is 0. The van der Waals surface area contributed by atoms with Crippen molar-refractivity contribution in [3.05, 3.63) is 43.5 Å². The van der Waals surface area contributed by atoms with Crippen LogP contribution in [0.2, 0.25) is 0 Å². The maximum Gasteiger partial charge on any atom is 0.230 e. The van der Waals surface area contributed by atoms with Gasteiger partial charge in [0.05, 0.1) is 0 Å². The molecule has 0 N–H and O–H groups in total. The average molecular weight is 258 g/mol. The van der Waals surface area contributed by atoms with Crippen molar-refractivity contribution < 1.29 is 37.5 Å². The van der Waals surface area contributed by atoms with Crippen LogP contribution in [0.3, 0.4) is 0 Å². The van der Waals surface area contributed by atoms with Crippen molar-refractivity contribution in [1.82, 2.24) is 4.48 Å². The predicted octanol–water partition coefficient (Wildman–Crippen LogP) is 1.48. The first kappa shape index (κ1) is 13.6. The molecule has 0 aliphatic carbocycles. The molecule has 3 radical (unpaired) electrons. The van der Waals surface area contributed by atoms with E-state index < -0.39 is 0 Å². The number of aromatic nitrogens is 1. The third-order valence-corrected chi connectivity index (χ3v) is 1.85. The zero-order chi connectivity index (χ0) is 8.55. The Balaban J connectivity index is 0.000000845. The second kappa shape index (κ2) is 5.47. The van der Waals surface area contributed by atoms with Crippen LogP contribution in [0.15, 0.2) is 30.3 Å². The van der Waals surface area contributed by atoms with Gasteiger partial charge in [-0.2, -0.15) is 6.07 Å². The van der Waals surface area contributed by atoms with Gasteiger partial charge in [-0.1, -0.05) is 23.6 Å². The van der Waals surface area contributed by atoms with E-state index in [-0.39, 0.29) is 40.1 Å². The van der Waals surface area contributed by atoms with E-state index in [2.05, 4.69) is 0 Å². The van der Waals surface area contributed by atoms with Gasteiger partial charge in [0.2, 0.25) is 7.98 Å². The minimum Gasteiger partial charge on any atom is -0.427 e. The van der Waals surface area contributed by atoms with E-state index in [0.717, 1.165) is 10.9 Å². The summed E-state index contributed by atoms with van der Waals surface area (Å²) < 4.78 is 1.34. The summed E-state index contributed by atoms with van der Waals surface area (Å²) in [6.07, 6.45) is 1.77. The first-order valence-corrected chi connectivity index (χ1v) is 3.56. The maximum absolute atomic E-state index is 10.4. The molecule has 67 valence electrons. The summed E-state index contributed by atoms with van der Waals surface area (Å²) in [7, 11) is 5.60. The fourth-order valence-electron chi connectivity index (χ4n) is 1.25. The summed E-state index contributed by atoms with van der Waals surface area (Å²) in [5, 5.41) is 0.957. The SMILES string of the molecule is [B]n1c([C-]=O)cc2ccccc21.[CH3-].[Y]. The Morgan fingerprint density at radius 3 is 2.50 bits per heavy atom. The Morgan fingerprint density at radius 2 is 1.93 bits per heavy atom. The van der Waals surface area contributed by atoms with Gasteiger partial charge < -0.3 is 16.7 Å². The number of rotatable bonds is 1. The minimum atomic E-state index is 0. The Morgan fingerprint density at radius 1 is 1.29 bits per heavy atom. The second-order valence-corrected chi connectivity index (χ2v) is 2.56. The molecule has 2 rings (SSSR count). The van der Waals surface area contributed by atoms with E-state index >= 15 is 0 Å². The van der Waals surface area contributed by atoms with Crippen molar-refractivity contribution in [3.63, 3.8) is 0 Å². The molecule has 0 atom stereocenters. The van der Waals surface area contributed by atoms with Crippen LogP contribution in [-0.2, 0) is 37.5 Å². The van der Waals surface area contributed by atoms with Gasteiger partial charge in [-0.15, -0.1) is 5.69 Å². The zero-order valence-electron chi connectivity index (χ0n) is 7.90. The molecule has 1 aromatic carbocycles. The van der Waals surface area contributed by atoms with Crippen LogP contribution in [0.1, 0.15) is 5.69 Å². The third-order valence-electron chi connectivity index (χ3n) is 1.85. The van der Waals surface area contributed by atoms with Crippen molar-refractivity contribution in [2.24, 2.45) is 0 Å². The molecule has 2 nitrogen and oxygen atoms in total. The number of hydrogen-bond donors (Lipinski definition) is 0. The molecule has 0 saturated heterocycles. The summed E-state index contributed by atoms with van der Waals surface area (Å²) in [5.74, 6) is 0. The van der Waals surface area contributed by atoms with Gasteiger partial charge in [0.1, 0.15) is 0 Å². The number of fused-ring (bicyclic) bond motifs is 1. The van der Waals surface area contributed by atoms with Crippen LogP contribution in [0.5, 0.6) is 0 Å². The van der Waals surface area contributed by atoms with Crippen LogP contribution in [-0.4, -0.2) is 18.7 Å². The van der Waals surface area contributed by atoms with Gasteiger partial charge >= 0.3 is 0 Å². The summed E-state index contributed by atoms with van der Waals surface area (Å²) >= 11 is 0. The normalized spacial score (nSPS) is 8.86. The topological polar surface area (TPSA) is 22.0 Å². The van der Waals surface area contributed by atoms with Crippen LogP contribution in [0.4, 0.5) is 0 Å². The summed E-state index contributed by atoms with van der Waals surface area (Å²) in [6, 6.07) is 9.25. The number of para-hydroxylation sites is 1. The van der Waals surface area contributed by atoms with Gasteiger partial charge in [-0.3, -0.25) is 0 Å². The fourth-order valence-corrected chi connectivity index (χ4v) is 1.25. The van der Waals surface area contributed by atoms with E-state index in [0.29, 0.717) is 5.69 Å². The van der Waals surface area contributed by atoms with E-state index in [9.17, 15) is 4.79 Å². The molecule has 0 aliphatic rings. The Bertz CT molecular complexity index is 439. The van der Waals surface area contributed by atoms with E-state index in [1.54, 1.807) is 12.4 Å². The molecule has 0 fully saturated rings. The Hall–Kier alpha value is -0.401. The Kier molecular flexibility index (Phi) is 5.32. The number of carbonyl (C=O) groups excluding carboxylic acids is 1. The van der Waals surface area contributed by atoms with E-state index in [1.165, 1.54) is 4.48 Å². The molecule has 1 heterocycles. The number of nitrogens with zero attached hydrogens (tertiary/aromatic N) is 1. The smallest absolute Gasteiger partial charge is 0.230 e. The minimum absolute atomic E-state index is 0. The summed E-state index contributed by atoms with van der Waals surface area (Å²) in [4.78, 5) is 10.4. The van der Waals surface area contributed by atoms with Crippen molar-refractivity contribution in [2.75, 3.05) is 0 Å². The summed E-state index contributed by atoms with van der Waals surface area (Å²) in [5.41, 5.74) is 1.21. The van der Waals surface area contributed by atoms with Crippen molar-refractivity contribution in [3.8, 4) is 0 Å². The van der Waals surface area contributed by atoms with E-state index in [4.69, 9.17) is 7.98 Å². The molecule has 4 heteroatoms. The maximum atomic E-state index is 10.4. The van der Waals surface area contributed by atoms with Crippen LogP contribution >= 0.6 is 0 Å². The molecule has 0 unspecified atom stereocenters. The van der Waals surface area contributed by atoms with Crippen LogP contribution in [0, 0.1) is 7.43 Å². The monoisotopic (exact) mass is 258 g/mol. The molecular weight excluding hydrogens is 250 g/mol. The van der Waals surface area contributed by atoms with Crippen molar-refractivity contribution >= 4 is 25.2 Å². The molecule has 0 saturated carbocycles. The second-order valence-electron chi connectivity index (χ2n) is 2.56. The predicted molar refractivity (Wildman–Crippen MR) is 54.3 cm³/mol. The van der Waals surface area contributed by atoms with Crippen molar-refractivity contribution in [2.45, 2.75) is 0 Å². The first-order chi connectivity index (χ1) is 5.83. The number of benzene rings is 1. The molecule has 0 spiro atoms.